The SMILES string of the molecule is Cc1nc(SCC(=O)Nc2ccc(Cl)cc2C(=O)c2ccccc2)n[nH]1. The van der Waals surface area contributed by atoms with Crippen LogP contribution in [0.4, 0.5) is 5.69 Å². The number of halogens is 1. The van der Waals surface area contributed by atoms with Gasteiger partial charge in [0.2, 0.25) is 11.1 Å². The zero-order chi connectivity index (χ0) is 18.5. The number of aromatic nitrogens is 3. The van der Waals surface area contributed by atoms with Gasteiger partial charge >= 0.3 is 0 Å². The fourth-order valence-electron chi connectivity index (χ4n) is 2.26. The number of amides is 1. The maximum Gasteiger partial charge on any atom is 0.234 e. The largest absolute Gasteiger partial charge is 0.325 e. The minimum absolute atomic E-state index is 0.124. The van der Waals surface area contributed by atoms with Gasteiger partial charge in [0.05, 0.1) is 11.4 Å². The molecule has 3 aromatic rings. The number of aryl methyl sites for hydroxylation is 1. The van der Waals surface area contributed by atoms with Gasteiger partial charge in [-0.2, -0.15) is 0 Å². The van der Waals surface area contributed by atoms with Gasteiger partial charge in [-0.1, -0.05) is 53.7 Å². The number of nitrogens with zero attached hydrogens (tertiary/aromatic N) is 2. The van der Waals surface area contributed by atoms with Crippen LogP contribution in [0.15, 0.2) is 53.7 Å². The van der Waals surface area contributed by atoms with Gasteiger partial charge in [-0.05, 0) is 25.1 Å². The molecule has 0 saturated heterocycles. The second-order valence-corrected chi connectivity index (χ2v) is 6.80. The standard InChI is InChI=1S/C18H15ClN4O2S/c1-11-20-18(23-22-11)26-10-16(24)21-15-8-7-13(19)9-14(15)17(25)12-5-3-2-4-6-12/h2-9H,10H2,1H3,(H,21,24)(H,20,22,23). The van der Waals surface area contributed by atoms with Crippen molar-refractivity contribution in [3.05, 3.63) is 70.5 Å². The molecular weight excluding hydrogens is 372 g/mol. The molecule has 0 atom stereocenters. The van der Waals surface area contributed by atoms with Gasteiger partial charge in [0.1, 0.15) is 5.82 Å². The predicted molar refractivity (Wildman–Crippen MR) is 102 cm³/mol. The van der Waals surface area contributed by atoms with E-state index in [-0.39, 0.29) is 17.4 Å². The van der Waals surface area contributed by atoms with E-state index >= 15 is 0 Å². The average Bonchev–Trinajstić information content (AvgIpc) is 3.07. The van der Waals surface area contributed by atoms with Crippen LogP contribution < -0.4 is 5.32 Å². The second-order valence-electron chi connectivity index (χ2n) is 5.43. The van der Waals surface area contributed by atoms with E-state index < -0.39 is 0 Å². The van der Waals surface area contributed by atoms with Crippen molar-refractivity contribution in [1.82, 2.24) is 15.2 Å². The van der Waals surface area contributed by atoms with Crippen LogP contribution in [0.3, 0.4) is 0 Å². The number of carbonyl (C=O) groups is 2. The fourth-order valence-corrected chi connectivity index (χ4v) is 3.08. The highest BCUT2D eigenvalue weighted by molar-refractivity contribution is 7.99. The number of benzene rings is 2. The van der Waals surface area contributed by atoms with Crippen LogP contribution in [-0.4, -0.2) is 32.6 Å². The van der Waals surface area contributed by atoms with Crippen molar-refractivity contribution in [1.29, 1.82) is 0 Å². The number of thioether (sulfide) groups is 1. The first-order valence-electron chi connectivity index (χ1n) is 7.74. The highest BCUT2D eigenvalue weighted by Crippen LogP contribution is 2.24. The Hall–Kier alpha value is -2.64. The molecule has 3 rings (SSSR count). The Morgan fingerprint density at radius 2 is 1.96 bits per heavy atom. The molecule has 0 unspecified atom stereocenters. The van der Waals surface area contributed by atoms with Crippen molar-refractivity contribution >= 4 is 40.7 Å². The molecule has 1 heterocycles. The zero-order valence-electron chi connectivity index (χ0n) is 13.8. The van der Waals surface area contributed by atoms with E-state index in [0.29, 0.717) is 32.8 Å². The second kappa shape index (κ2) is 8.16. The van der Waals surface area contributed by atoms with Crippen molar-refractivity contribution in [2.75, 3.05) is 11.1 Å². The van der Waals surface area contributed by atoms with Crippen molar-refractivity contribution in [3.8, 4) is 0 Å². The number of carbonyl (C=O) groups excluding carboxylic acids is 2. The van der Waals surface area contributed by atoms with Crippen LogP contribution in [-0.2, 0) is 4.79 Å². The van der Waals surface area contributed by atoms with E-state index in [1.807, 2.05) is 6.07 Å². The number of hydrogen-bond donors (Lipinski definition) is 2. The zero-order valence-corrected chi connectivity index (χ0v) is 15.4. The first-order chi connectivity index (χ1) is 12.5. The molecule has 2 aromatic carbocycles. The molecule has 8 heteroatoms. The molecule has 132 valence electrons. The Labute approximate surface area is 159 Å². The van der Waals surface area contributed by atoms with Gasteiger partial charge in [-0.25, -0.2) is 4.98 Å². The molecule has 1 amide bonds. The average molecular weight is 387 g/mol. The van der Waals surface area contributed by atoms with Gasteiger partial charge in [0, 0.05) is 16.1 Å². The van der Waals surface area contributed by atoms with Gasteiger partial charge in [0.15, 0.2) is 5.78 Å². The normalized spacial score (nSPS) is 10.5. The van der Waals surface area contributed by atoms with E-state index in [0.717, 1.165) is 0 Å². The van der Waals surface area contributed by atoms with E-state index in [4.69, 9.17) is 11.6 Å². The maximum absolute atomic E-state index is 12.7. The third-order valence-corrected chi connectivity index (χ3v) is 4.53. The van der Waals surface area contributed by atoms with Crippen LogP contribution in [0, 0.1) is 6.92 Å². The number of nitrogens with one attached hydrogen (secondary N) is 2. The summed E-state index contributed by atoms with van der Waals surface area (Å²) >= 11 is 7.25. The van der Waals surface area contributed by atoms with Gasteiger partial charge in [-0.15, -0.1) is 5.10 Å². The molecule has 0 aliphatic rings. The summed E-state index contributed by atoms with van der Waals surface area (Å²) in [7, 11) is 0. The Kier molecular flexibility index (Phi) is 5.70. The molecule has 6 nitrogen and oxygen atoms in total. The Balaban J connectivity index is 1.75. The minimum Gasteiger partial charge on any atom is -0.325 e. The Morgan fingerprint density at radius 1 is 1.19 bits per heavy atom. The number of aromatic amines is 1. The van der Waals surface area contributed by atoms with Crippen LogP contribution in [0.25, 0.3) is 0 Å². The molecular formula is C18H15ClN4O2S. The number of hydrogen-bond acceptors (Lipinski definition) is 5. The monoisotopic (exact) mass is 386 g/mol. The maximum atomic E-state index is 12.7. The van der Waals surface area contributed by atoms with E-state index in [1.165, 1.54) is 11.8 Å². The quantitative estimate of drug-likeness (QED) is 0.498. The lowest BCUT2D eigenvalue weighted by molar-refractivity contribution is -0.113. The summed E-state index contributed by atoms with van der Waals surface area (Å²) in [5, 5.41) is 10.4. The van der Waals surface area contributed by atoms with Crippen molar-refractivity contribution < 1.29 is 9.59 Å². The Morgan fingerprint density at radius 3 is 2.65 bits per heavy atom. The van der Waals surface area contributed by atoms with Crippen LogP contribution in [0.2, 0.25) is 5.02 Å². The molecule has 0 spiro atoms. The lowest BCUT2D eigenvalue weighted by atomic mass is 10.0. The third-order valence-electron chi connectivity index (χ3n) is 3.45. The van der Waals surface area contributed by atoms with E-state index in [1.54, 1.807) is 49.4 Å². The number of anilines is 1. The van der Waals surface area contributed by atoms with E-state index in [9.17, 15) is 9.59 Å². The number of rotatable bonds is 6. The molecule has 0 fully saturated rings. The molecule has 1 aromatic heterocycles. The van der Waals surface area contributed by atoms with Crippen LogP contribution >= 0.6 is 23.4 Å². The van der Waals surface area contributed by atoms with Gasteiger partial charge in [0.25, 0.3) is 0 Å². The van der Waals surface area contributed by atoms with Crippen LogP contribution in [0.1, 0.15) is 21.7 Å². The van der Waals surface area contributed by atoms with Gasteiger partial charge in [-0.3, -0.25) is 14.7 Å². The molecule has 0 saturated carbocycles. The Bertz CT molecular complexity index is 943. The number of ketones is 1. The summed E-state index contributed by atoms with van der Waals surface area (Å²) in [5.41, 5.74) is 1.28. The third kappa shape index (κ3) is 4.50. The number of H-pyrrole nitrogens is 1. The van der Waals surface area contributed by atoms with Crippen molar-refractivity contribution in [2.45, 2.75) is 12.1 Å². The minimum atomic E-state index is -0.262. The lowest BCUT2D eigenvalue weighted by Gasteiger charge is -2.11. The molecule has 0 aliphatic heterocycles. The van der Waals surface area contributed by atoms with Gasteiger partial charge < -0.3 is 5.32 Å². The predicted octanol–water partition coefficient (Wildman–Crippen LogP) is 3.73. The first-order valence-corrected chi connectivity index (χ1v) is 9.10. The highest BCUT2D eigenvalue weighted by atomic mass is 35.5. The highest BCUT2D eigenvalue weighted by Gasteiger charge is 2.16. The topological polar surface area (TPSA) is 87.7 Å². The molecule has 2 N–H and O–H groups in total. The fraction of sp³-hybridized carbons (Fsp3) is 0.111. The van der Waals surface area contributed by atoms with Crippen molar-refractivity contribution in [3.63, 3.8) is 0 Å². The summed E-state index contributed by atoms with van der Waals surface area (Å²) in [6, 6.07) is 13.6. The molecule has 0 bridgehead atoms. The lowest BCUT2D eigenvalue weighted by Crippen LogP contribution is -2.17. The molecule has 0 aliphatic carbocycles. The van der Waals surface area contributed by atoms with E-state index in [2.05, 4.69) is 20.5 Å². The van der Waals surface area contributed by atoms with Crippen LogP contribution in [0.5, 0.6) is 0 Å². The summed E-state index contributed by atoms with van der Waals surface area (Å²) in [6.07, 6.45) is 0. The summed E-state index contributed by atoms with van der Waals surface area (Å²) in [6.45, 7) is 1.78. The summed E-state index contributed by atoms with van der Waals surface area (Å²) < 4.78 is 0. The summed E-state index contributed by atoms with van der Waals surface area (Å²) in [5.74, 6) is 0.336. The molecule has 26 heavy (non-hydrogen) atoms. The summed E-state index contributed by atoms with van der Waals surface area (Å²) in [4.78, 5) is 29.1. The smallest absolute Gasteiger partial charge is 0.234 e. The first kappa shape index (κ1) is 18.2. The van der Waals surface area contributed by atoms with Crippen molar-refractivity contribution in [2.24, 2.45) is 0 Å². The molecule has 0 radical (unpaired) electrons.